The molecule has 0 saturated carbocycles. The summed E-state index contributed by atoms with van der Waals surface area (Å²) in [7, 11) is 6.12. The van der Waals surface area contributed by atoms with Gasteiger partial charge < -0.3 is 9.48 Å². The second-order valence-corrected chi connectivity index (χ2v) is 2.90. The number of hydrogen-bond donors (Lipinski definition) is 0. The van der Waals surface area contributed by atoms with Crippen molar-refractivity contribution in [3.05, 3.63) is 11.8 Å². The van der Waals surface area contributed by atoms with E-state index in [1.165, 1.54) is 5.57 Å². The van der Waals surface area contributed by atoms with E-state index in [0.29, 0.717) is 0 Å². The van der Waals surface area contributed by atoms with Crippen molar-refractivity contribution in [2.75, 3.05) is 27.7 Å². The Kier molecular flexibility index (Phi) is 2.10. The van der Waals surface area contributed by atoms with Crippen LogP contribution in [0.3, 0.4) is 0 Å². The van der Waals surface area contributed by atoms with Gasteiger partial charge in [0.05, 0.1) is 0 Å². The molecular weight excluding hydrogens is 124 g/mol. The largest absolute Gasteiger partial charge is 0.459 e. The van der Waals surface area contributed by atoms with Gasteiger partial charge in [-0.15, -0.1) is 11.8 Å². The summed E-state index contributed by atoms with van der Waals surface area (Å²) in [5.41, 5.74) is 1.30. The standard InChI is InChI=1S/C8H14N2/c1-9(2)6-8-4-5-10(3)7-8/h6H,4-5H2,1-3H3/b8-6+. The first-order chi connectivity index (χ1) is 4.68. The van der Waals surface area contributed by atoms with E-state index >= 15 is 0 Å². The van der Waals surface area contributed by atoms with E-state index in [4.69, 9.17) is 0 Å². The van der Waals surface area contributed by atoms with Crippen molar-refractivity contribution in [1.29, 1.82) is 0 Å². The van der Waals surface area contributed by atoms with Gasteiger partial charge in [-0.1, -0.05) is 0 Å². The molecule has 0 aromatic heterocycles. The summed E-state index contributed by atoms with van der Waals surface area (Å²) in [4.78, 5) is 2.06. The van der Waals surface area contributed by atoms with Crippen molar-refractivity contribution in [3.8, 4) is 0 Å². The molecule has 0 spiro atoms. The molecule has 0 radical (unpaired) electrons. The van der Waals surface area contributed by atoms with Crippen LogP contribution in [0.1, 0.15) is 6.42 Å². The topological polar surface area (TPSA) is 6.25 Å². The minimum absolute atomic E-state index is 1.11. The first kappa shape index (κ1) is 7.32. The minimum Gasteiger partial charge on any atom is -0.459 e. The number of hydrogen-bond acceptors (Lipinski definition) is 1. The highest BCUT2D eigenvalue weighted by Crippen LogP contribution is 2.04. The predicted octanol–water partition coefficient (Wildman–Crippen LogP) is 0.426. The smallest absolute Gasteiger partial charge is 0.126 e. The molecule has 0 fully saturated rings. The van der Waals surface area contributed by atoms with Crippen LogP contribution in [0.5, 0.6) is 0 Å². The van der Waals surface area contributed by atoms with E-state index in [-0.39, 0.29) is 0 Å². The average Bonchev–Trinajstić information content (AvgIpc) is 2.13. The molecule has 56 valence electrons. The Morgan fingerprint density at radius 2 is 2.30 bits per heavy atom. The summed E-state index contributed by atoms with van der Waals surface area (Å²) in [6.45, 7) is 1.11. The van der Waals surface area contributed by atoms with Crippen LogP contribution in [-0.2, 0) is 0 Å². The maximum atomic E-state index is 3.24. The molecule has 1 heterocycles. The van der Waals surface area contributed by atoms with Crippen molar-refractivity contribution in [2.45, 2.75) is 6.42 Å². The SMILES string of the molecule is CN(C)/C=C1/[C-]=[N+](C)CC1. The van der Waals surface area contributed by atoms with Gasteiger partial charge in [-0.3, -0.25) is 0 Å². The zero-order valence-electron chi connectivity index (χ0n) is 6.89. The highest BCUT2D eigenvalue weighted by molar-refractivity contribution is 5.75. The third-order valence-corrected chi connectivity index (χ3v) is 1.47. The molecule has 0 atom stereocenters. The Labute approximate surface area is 62.5 Å². The van der Waals surface area contributed by atoms with Crippen LogP contribution in [0.25, 0.3) is 0 Å². The Balaban J connectivity index is 2.59. The third-order valence-electron chi connectivity index (χ3n) is 1.47. The van der Waals surface area contributed by atoms with Crippen LogP contribution in [0.15, 0.2) is 11.8 Å². The van der Waals surface area contributed by atoms with Gasteiger partial charge >= 0.3 is 0 Å². The van der Waals surface area contributed by atoms with Crippen LogP contribution in [0.4, 0.5) is 0 Å². The summed E-state index contributed by atoms with van der Waals surface area (Å²) < 4.78 is 2.09. The monoisotopic (exact) mass is 138 g/mol. The van der Waals surface area contributed by atoms with Gasteiger partial charge in [-0.05, 0) is 14.1 Å². The predicted molar refractivity (Wildman–Crippen MR) is 42.4 cm³/mol. The van der Waals surface area contributed by atoms with Gasteiger partial charge in [0.1, 0.15) is 13.6 Å². The second kappa shape index (κ2) is 2.86. The maximum absolute atomic E-state index is 3.24. The Morgan fingerprint density at radius 3 is 2.70 bits per heavy atom. The van der Waals surface area contributed by atoms with Crippen LogP contribution in [-0.4, -0.2) is 43.4 Å². The van der Waals surface area contributed by atoms with Crippen molar-refractivity contribution in [3.63, 3.8) is 0 Å². The van der Waals surface area contributed by atoms with Crippen LogP contribution < -0.4 is 0 Å². The van der Waals surface area contributed by atoms with Crippen LogP contribution in [0.2, 0.25) is 0 Å². The molecule has 0 aromatic carbocycles. The summed E-state index contributed by atoms with van der Waals surface area (Å²) in [6.07, 6.45) is 6.49. The highest BCUT2D eigenvalue weighted by atomic mass is 15.0. The van der Waals surface area contributed by atoms with Crippen LogP contribution in [0, 0.1) is 0 Å². The van der Waals surface area contributed by atoms with Crippen LogP contribution >= 0.6 is 0 Å². The summed E-state index contributed by atoms with van der Waals surface area (Å²) in [6, 6.07) is 0. The lowest BCUT2D eigenvalue weighted by Gasteiger charge is -2.11. The lowest BCUT2D eigenvalue weighted by Crippen LogP contribution is -2.02. The molecule has 0 unspecified atom stereocenters. The lowest BCUT2D eigenvalue weighted by atomic mass is 10.2. The molecule has 0 saturated heterocycles. The van der Waals surface area contributed by atoms with Gasteiger partial charge in [-0.2, -0.15) is 0 Å². The molecule has 2 nitrogen and oxygen atoms in total. The normalized spacial score (nSPS) is 21.5. The third kappa shape index (κ3) is 1.87. The molecule has 2 heteroatoms. The number of rotatable bonds is 1. The fraction of sp³-hybridized carbons (Fsp3) is 0.625. The Hall–Kier alpha value is -0.790. The molecule has 1 rings (SSSR count). The van der Waals surface area contributed by atoms with Crippen molar-refractivity contribution < 1.29 is 4.58 Å². The number of nitrogens with zero attached hydrogens (tertiary/aromatic N) is 2. The fourth-order valence-corrected chi connectivity index (χ4v) is 1.05. The Bertz CT molecular complexity index is 178. The quantitative estimate of drug-likeness (QED) is 0.376. The molecule has 0 aromatic rings. The van der Waals surface area contributed by atoms with Gasteiger partial charge in [-0.25, -0.2) is 0 Å². The first-order valence-electron chi connectivity index (χ1n) is 3.53. The van der Waals surface area contributed by atoms with E-state index in [2.05, 4.69) is 28.9 Å². The highest BCUT2D eigenvalue weighted by Gasteiger charge is 2.02. The zero-order valence-corrected chi connectivity index (χ0v) is 6.89. The molecular formula is C8H14N2. The molecule has 10 heavy (non-hydrogen) atoms. The Morgan fingerprint density at radius 1 is 1.60 bits per heavy atom. The summed E-state index contributed by atoms with van der Waals surface area (Å²) in [5.74, 6) is 0. The van der Waals surface area contributed by atoms with Gasteiger partial charge in [0.2, 0.25) is 0 Å². The molecule has 1 aliphatic heterocycles. The second-order valence-electron chi connectivity index (χ2n) is 2.90. The lowest BCUT2D eigenvalue weighted by molar-refractivity contribution is -0.484. The molecule has 0 amide bonds. The van der Waals surface area contributed by atoms with Gasteiger partial charge in [0.25, 0.3) is 0 Å². The molecule has 0 N–H and O–H groups in total. The van der Waals surface area contributed by atoms with E-state index in [1.54, 1.807) is 0 Å². The van der Waals surface area contributed by atoms with E-state index in [1.807, 2.05) is 14.1 Å². The zero-order chi connectivity index (χ0) is 7.56. The van der Waals surface area contributed by atoms with Gasteiger partial charge in [0, 0.05) is 12.6 Å². The van der Waals surface area contributed by atoms with Gasteiger partial charge in [0.15, 0.2) is 0 Å². The van der Waals surface area contributed by atoms with E-state index in [9.17, 15) is 0 Å². The maximum Gasteiger partial charge on any atom is 0.126 e. The van der Waals surface area contributed by atoms with Crippen molar-refractivity contribution in [1.82, 2.24) is 4.90 Å². The first-order valence-corrected chi connectivity index (χ1v) is 3.53. The van der Waals surface area contributed by atoms with Crippen molar-refractivity contribution in [2.24, 2.45) is 0 Å². The van der Waals surface area contributed by atoms with E-state index < -0.39 is 0 Å². The van der Waals surface area contributed by atoms with E-state index in [0.717, 1.165) is 13.0 Å². The van der Waals surface area contributed by atoms with Crippen molar-refractivity contribution >= 4 is 6.21 Å². The summed E-state index contributed by atoms with van der Waals surface area (Å²) in [5, 5.41) is 0. The summed E-state index contributed by atoms with van der Waals surface area (Å²) >= 11 is 0. The molecule has 0 aliphatic carbocycles. The molecule has 0 bridgehead atoms. The molecule has 1 aliphatic rings. The minimum atomic E-state index is 1.11. The average molecular weight is 138 g/mol. The fourth-order valence-electron chi connectivity index (χ4n) is 1.05.